The second kappa shape index (κ2) is 3.80. The van der Waals surface area contributed by atoms with Crippen LogP contribution in [-0.2, 0) is 0 Å². The molecule has 0 saturated heterocycles. The minimum atomic E-state index is -1.27. The smallest absolute Gasteiger partial charge is 0.138 e. The van der Waals surface area contributed by atoms with E-state index in [-0.39, 0.29) is 12.5 Å². The second-order valence-electron chi connectivity index (χ2n) is 2.49. The first-order valence-electron chi connectivity index (χ1n) is 3.11. The van der Waals surface area contributed by atoms with Crippen LogP contribution in [0.15, 0.2) is 0 Å². The number of rotatable bonds is 3. The van der Waals surface area contributed by atoms with Crippen molar-refractivity contribution in [1.82, 2.24) is 0 Å². The molecule has 0 aromatic heterocycles. The van der Waals surface area contributed by atoms with E-state index in [0.29, 0.717) is 0 Å². The third-order valence-corrected chi connectivity index (χ3v) is 1.28. The monoisotopic (exact) mass is 135 g/mol. The Morgan fingerprint density at radius 1 is 1.56 bits per heavy atom. The van der Waals surface area contributed by atoms with Gasteiger partial charge in [-0.3, -0.25) is 0 Å². The van der Waals surface area contributed by atoms with Crippen molar-refractivity contribution >= 4 is 0 Å². The van der Waals surface area contributed by atoms with Crippen molar-refractivity contribution in [1.29, 1.82) is 0 Å². The van der Waals surface area contributed by atoms with E-state index in [0.717, 1.165) is 0 Å². The number of hydrogen-bond donors (Lipinski definition) is 2. The maximum Gasteiger partial charge on any atom is 0.138 e. The summed E-state index contributed by atoms with van der Waals surface area (Å²) < 4.78 is 12.4. The molecule has 0 aliphatic heterocycles. The molecule has 0 radical (unpaired) electrons. The van der Waals surface area contributed by atoms with Gasteiger partial charge in [0.2, 0.25) is 0 Å². The predicted octanol–water partition coefficient (Wildman–Crippen LogP) is 0.300. The van der Waals surface area contributed by atoms with Crippen LogP contribution in [0.25, 0.3) is 0 Å². The van der Waals surface area contributed by atoms with Gasteiger partial charge in [0.15, 0.2) is 0 Å². The van der Waals surface area contributed by atoms with Crippen molar-refractivity contribution in [3.63, 3.8) is 0 Å². The highest BCUT2D eigenvalue weighted by atomic mass is 19.1. The number of aliphatic hydroxyl groups excluding tert-OH is 1. The molecule has 3 heteroatoms. The Bertz CT molecular complexity index is 77.5. The highest BCUT2D eigenvalue weighted by Gasteiger charge is 2.19. The van der Waals surface area contributed by atoms with Gasteiger partial charge in [0.05, 0.1) is 6.10 Å². The molecule has 0 amide bonds. The summed E-state index contributed by atoms with van der Waals surface area (Å²) >= 11 is 0. The second-order valence-corrected chi connectivity index (χ2v) is 2.49. The maximum absolute atomic E-state index is 12.4. The van der Waals surface area contributed by atoms with E-state index in [1.54, 1.807) is 13.8 Å². The van der Waals surface area contributed by atoms with Crippen LogP contribution in [0, 0.1) is 5.92 Å². The van der Waals surface area contributed by atoms with Crippen LogP contribution in [0.3, 0.4) is 0 Å². The van der Waals surface area contributed by atoms with Gasteiger partial charge in [-0.05, 0) is 5.92 Å². The van der Waals surface area contributed by atoms with Crippen LogP contribution >= 0.6 is 0 Å². The van der Waals surface area contributed by atoms with Gasteiger partial charge in [0.25, 0.3) is 0 Å². The van der Waals surface area contributed by atoms with E-state index in [1.165, 1.54) is 0 Å². The summed E-state index contributed by atoms with van der Waals surface area (Å²) in [6.07, 6.45) is -2.18. The quantitative estimate of drug-likeness (QED) is 0.584. The number of alkyl halides is 1. The minimum absolute atomic E-state index is 0.0523. The molecule has 0 aromatic rings. The fourth-order valence-corrected chi connectivity index (χ4v) is 0.557. The van der Waals surface area contributed by atoms with Crippen molar-refractivity contribution in [2.75, 3.05) is 6.54 Å². The van der Waals surface area contributed by atoms with Gasteiger partial charge >= 0.3 is 0 Å². The Morgan fingerprint density at radius 2 is 2.00 bits per heavy atom. The molecule has 0 spiro atoms. The van der Waals surface area contributed by atoms with Crippen LogP contribution in [0.4, 0.5) is 4.39 Å². The van der Waals surface area contributed by atoms with Gasteiger partial charge in [0.1, 0.15) is 6.17 Å². The first-order chi connectivity index (χ1) is 4.09. The Morgan fingerprint density at radius 3 is 2.11 bits per heavy atom. The summed E-state index contributed by atoms with van der Waals surface area (Å²) in [6, 6.07) is 0. The van der Waals surface area contributed by atoms with Gasteiger partial charge in [-0.15, -0.1) is 0 Å². The Kier molecular flexibility index (Phi) is 3.73. The highest BCUT2D eigenvalue weighted by molar-refractivity contribution is 4.70. The minimum Gasteiger partial charge on any atom is -0.390 e. The molecule has 9 heavy (non-hydrogen) atoms. The summed E-state index contributed by atoms with van der Waals surface area (Å²) in [6.45, 7) is 3.42. The fourth-order valence-electron chi connectivity index (χ4n) is 0.557. The molecule has 0 bridgehead atoms. The molecule has 0 fully saturated rings. The van der Waals surface area contributed by atoms with Crippen molar-refractivity contribution in [3.8, 4) is 0 Å². The Balaban J connectivity index is 3.58. The van der Waals surface area contributed by atoms with E-state index in [4.69, 9.17) is 10.8 Å². The molecule has 3 N–H and O–H groups in total. The van der Waals surface area contributed by atoms with Gasteiger partial charge < -0.3 is 10.8 Å². The van der Waals surface area contributed by atoms with Crippen molar-refractivity contribution in [3.05, 3.63) is 0 Å². The molecule has 0 saturated carbocycles. The Labute approximate surface area is 54.9 Å². The zero-order valence-electron chi connectivity index (χ0n) is 5.84. The SMILES string of the molecule is CC(C)[C@@H](O)[C@H](F)CN. The van der Waals surface area contributed by atoms with Gasteiger partial charge in [-0.1, -0.05) is 13.8 Å². The fraction of sp³-hybridized carbons (Fsp3) is 1.00. The third kappa shape index (κ3) is 2.77. The van der Waals surface area contributed by atoms with Crippen LogP contribution in [0.2, 0.25) is 0 Å². The molecular weight excluding hydrogens is 121 g/mol. The molecule has 0 aliphatic rings. The molecule has 2 atom stereocenters. The molecule has 0 rings (SSSR count). The summed E-state index contributed by atoms with van der Waals surface area (Å²) in [5.74, 6) is -0.0523. The van der Waals surface area contributed by atoms with Crippen molar-refractivity contribution in [2.45, 2.75) is 26.1 Å². The van der Waals surface area contributed by atoms with Crippen LogP contribution < -0.4 is 5.73 Å². The average molecular weight is 135 g/mol. The first kappa shape index (κ1) is 8.85. The topological polar surface area (TPSA) is 46.2 Å². The largest absolute Gasteiger partial charge is 0.390 e. The van der Waals surface area contributed by atoms with Crippen LogP contribution in [-0.4, -0.2) is 23.9 Å². The molecular formula is C6H14FNO. The average Bonchev–Trinajstić information content (AvgIpc) is 1.84. The lowest BCUT2D eigenvalue weighted by Gasteiger charge is -2.16. The molecule has 0 aliphatic carbocycles. The van der Waals surface area contributed by atoms with Gasteiger partial charge in [-0.2, -0.15) is 0 Å². The molecule has 0 heterocycles. The number of nitrogens with two attached hydrogens (primary N) is 1. The maximum atomic E-state index is 12.4. The van der Waals surface area contributed by atoms with E-state index in [9.17, 15) is 4.39 Å². The normalized spacial score (nSPS) is 18.0. The molecule has 2 nitrogen and oxygen atoms in total. The highest BCUT2D eigenvalue weighted by Crippen LogP contribution is 2.07. The zero-order chi connectivity index (χ0) is 7.44. The van der Waals surface area contributed by atoms with Crippen LogP contribution in [0.5, 0.6) is 0 Å². The lowest BCUT2D eigenvalue weighted by molar-refractivity contribution is 0.0455. The molecule has 0 unspecified atom stereocenters. The molecule has 56 valence electrons. The zero-order valence-corrected chi connectivity index (χ0v) is 5.84. The van der Waals surface area contributed by atoms with Crippen molar-refractivity contribution < 1.29 is 9.50 Å². The lowest BCUT2D eigenvalue weighted by Crippen LogP contribution is -2.33. The lowest BCUT2D eigenvalue weighted by atomic mass is 10.0. The van der Waals surface area contributed by atoms with E-state index in [1.807, 2.05) is 0 Å². The number of hydrogen-bond acceptors (Lipinski definition) is 2. The molecule has 0 aromatic carbocycles. The summed E-state index contributed by atoms with van der Waals surface area (Å²) in [7, 11) is 0. The Hall–Kier alpha value is -0.150. The third-order valence-electron chi connectivity index (χ3n) is 1.28. The summed E-state index contributed by atoms with van der Waals surface area (Å²) in [5, 5.41) is 8.94. The van der Waals surface area contributed by atoms with Gasteiger partial charge in [0, 0.05) is 6.54 Å². The predicted molar refractivity (Wildman–Crippen MR) is 34.8 cm³/mol. The van der Waals surface area contributed by atoms with Crippen LogP contribution in [0.1, 0.15) is 13.8 Å². The van der Waals surface area contributed by atoms with Gasteiger partial charge in [-0.25, -0.2) is 4.39 Å². The van der Waals surface area contributed by atoms with E-state index < -0.39 is 12.3 Å². The summed E-state index contributed by atoms with van der Waals surface area (Å²) in [5.41, 5.74) is 4.98. The number of aliphatic hydroxyl groups is 1. The first-order valence-corrected chi connectivity index (χ1v) is 3.11. The van der Waals surface area contributed by atoms with Crippen molar-refractivity contribution in [2.24, 2.45) is 11.7 Å². The number of halogens is 1. The summed E-state index contributed by atoms with van der Waals surface area (Å²) in [4.78, 5) is 0. The standard InChI is InChI=1S/C6H14FNO/c1-4(2)6(9)5(7)3-8/h4-6,9H,3,8H2,1-2H3/t5-,6-/m1/s1. The van der Waals surface area contributed by atoms with E-state index in [2.05, 4.69) is 0 Å². The van der Waals surface area contributed by atoms with E-state index >= 15 is 0 Å².